The van der Waals surface area contributed by atoms with Gasteiger partial charge in [0.1, 0.15) is 0 Å². The molecule has 1 saturated heterocycles. The zero-order valence-electron chi connectivity index (χ0n) is 18.0. The molecule has 3 aromatic rings. The van der Waals surface area contributed by atoms with Crippen molar-refractivity contribution in [1.29, 1.82) is 0 Å². The van der Waals surface area contributed by atoms with Crippen LogP contribution in [0.3, 0.4) is 0 Å². The monoisotopic (exact) mass is 403 g/mol. The number of hydrogen-bond acceptors (Lipinski definition) is 6. The highest BCUT2D eigenvalue weighted by molar-refractivity contribution is 5.79. The van der Waals surface area contributed by atoms with Crippen LogP contribution in [0.2, 0.25) is 0 Å². The summed E-state index contributed by atoms with van der Waals surface area (Å²) in [7, 11) is 0. The highest BCUT2D eigenvalue weighted by Crippen LogP contribution is 2.34. The van der Waals surface area contributed by atoms with Gasteiger partial charge in [-0.2, -0.15) is 0 Å². The number of nitrogens with zero attached hydrogens (tertiary/aromatic N) is 7. The number of piperazine rings is 1. The Hall–Kier alpha value is -2.80. The molecule has 0 radical (unpaired) electrons. The Morgan fingerprint density at radius 2 is 2.03 bits per heavy atom. The second-order valence-electron chi connectivity index (χ2n) is 8.91. The molecule has 1 aromatic carbocycles. The number of pyridine rings is 1. The zero-order valence-corrected chi connectivity index (χ0v) is 18.0. The first-order chi connectivity index (χ1) is 14.6. The van der Waals surface area contributed by atoms with E-state index in [0.29, 0.717) is 0 Å². The van der Waals surface area contributed by atoms with E-state index in [4.69, 9.17) is 0 Å². The predicted octanol–water partition coefficient (Wildman–Crippen LogP) is 3.36. The van der Waals surface area contributed by atoms with Crippen molar-refractivity contribution >= 4 is 10.9 Å². The Balaban J connectivity index is 1.62. The van der Waals surface area contributed by atoms with Crippen LogP contribution >= 0.6 is 0 Å². The maximum absolute atomic E-state index is 4.56. The number of benzene rings is 1. The number of fused-ring (bicyclic) bond motifs is 2. The lowest BCUT2D eigenvalue weighted by Crippen LogP contribution is -2.46. The van der Waals surface area contributed by atoms with Gasteiger partial charge in [-0.3, -0.25) is 9.88 Å². The third-order valence-corrected chi connectivity index (χ3v) is 6.69. The quantitative estimate of drug-likeness (QED) is 0.651. The summed E-state index contributed by atoms with van der Waals surface area (Å²) < 4.78 is 2.03. The SMILES string of the molecule is CCC(C)(C)n1nnnc1C(c1ccc2ncccc2c1)N1CCN2CCC=C2C1. The average molecular weight is 404 g/mol. The van der Waals surface area contributed by atoms with Crippen molar-refractivity contribution in [1.82, 2.24) is 35.0 Å². The van der Waals surface area contributed by atoms with Gasteiger partial charge < -0.3 is 4.90 Å². The smallest absolute Gasteiger partial charge is 0.173 e. The normalized spacial score (nSPS) is 18.5. The standard InChI is InChI=1S/C23H29N7/c1-4-23(2,3)30-22(25-26-27-30)21(29-14-13-28-12-6-8-19(28)16-29)18-9-10-20-17(15-18)7-5-11-24-20/h5,7-11,15,21H,4,6,12-14,16H2,1-3H3. The minimum absolute atomic E-state index is 0.000851. The van der Waals surface area contributed by atoms with Crippen molar-refractivity contribution in [2.75, 3.05) is 26.2 Å². The van der Waals surface area contributed by atoms with Crippen LogP contribution in [0, 0.1) is 0 Å². The molecule has 0 saturated carbocycles. The molecule has 2 aliphatic rings. The van der Waals surface area contributed by atoms with Crippen LogP contribution in [0.4, 0.5) is 0 Å². The van der Waals surface area contributed by atoms with Crippen LogP contribution < -0.4 is 0 Å². The van der Waals surface area contributed by atoms with E-state index in [1.165, 1.54) is 11.3 Å². The Bertz CT molecular complexity index is 1080. The fourth-order valence-corrected chi connectivity index (χ4v) is 4.57. The molecule has 2 aromatic heterocycles. The van der Waals surface area contributed by atoms with E-state index >= 15 is 0 Å². The molecule has 7 heteroatoms. The molecule has 0 bridgehead atoms. The predicted molar refractivity (Wildman–Crippen MR) is 117 cm³/mol. The minimum atomic E-state index is -0.149. The third-order valence-electron chi connectivity index (χ3n) is 6.69. The second-order valence-corrected chi connectivity index (χ2v) is 8.91. The van der Waals surface area contributed by atoms with Crippen molar-refractivity contribution < 1.29 is 0 Å². The van der Waals surface area contributed by atoms with E-state index < -0.39 is 0 Å². The lowest BCUT2D eigenvalue weighted by molar-refractivity contribution is 0.145. The van der Waals surface area contributed by atoms with Gasteiger partial charge in [-0.05, 0) is 60.9 Å². The summed E-state index contributed by atoms with van der Waals surface area (Å²) in [6.07, 6.45) is 6.33. The Morgan fingerprint density at radius 3 is 2.90 bits per heavy atom. The molecule has 1 unspecified atom stereocenters. The van der Waals surface area contributed by atoms with Crippen LogP contribution in [0.15, 0.2) is 48.3 Å². The van der Waals surface area contributed by atoms with Crippen LogP contribution in [-0.2, 0) is 5.54 Å². The van der Waals surface area contributed by atoms with Gasteiger partial charge in [0.15, 0.2) is 5.82 Å². The van der Waals surface area contributed by atoms with Crippen LogP contribution in [0.25, 0.3) is 10.9 Å². The maximum Gasteiger partial charge on any atom is 0.173 e. The van der Waals surface area contributed by atoms with Gasteiger partial charge in [-0.1, -0.05) is 25.1 Å². The summed E-state index contributed by atoms with van der Waals surface area (Å²) in [6.45, 7) is 10.7. The highest BCUT2D eigenvalue weighted by Gasteiger charge is 2.35. The van der Waals surface area contributed by atoms with Gasteiger partial charge in [0.25, 0.3) is 0 Å². The zero-order chi connectivity index (χ0) is 20.7. The molecule has 156 valence electrons. The van der Waals surface area contributed by atoms with Crippen LogP contribution in [-0.4, -0.2) is 61.2 Å². The molecular weight excluding hydrogens is 374 g/mol. The van der Waals surface area contributed by atoms with E-state index in [1.807, 2.05) is 16.9 Å². The van der Waals surface area contributed by atoms with Gasteiger partial charge in [-0.25, -0.2) is 4.68 Å². The molecule has 0 spiro atoms. The first-order valence-electron chi connectivity index (χ1n) is 10.9. The van der Waals surface area contributed by atoms with Gasteiger partial charge in [-0.15, -0.1) is 5.10 Å². The van der Waals surface area contributed by atoms with Crippen LogP contribution in [0.5, 0.6) is 0 Å². The first-order valence-corrected chi connectivity index (χ1v) is 10.9. The fraction of sp³-hybridized carbons (Fsp3) is 0.478. The Morgan fingerprint density at radius 1 is 1.13 bits per heavy atom. The summed E-state index contributed by atoms with van der Waals surface area (Å²) in [5.74, 6) is 0.914. The van der Waals surface area contributed by atoms with E-state index in [-0.39, 0.29) is 11.6 Å². The molecule has 30 heavy (non-hydrogen) atoms. The fourth-order valence-electron chi connectivity index (χ4n) is 4.57. The van der Waals surface area contributed by atoms with Crippen molar-refractivity contribution in [3.63, 3.8) is 0 Å². The van der Waals surface area contributed by atoms with E-state index in [1.54, 1.807) is 0 Å². The van der Waals surface area contributed by atoms with E-state index in [0.717, 1.165) is 55.7 Å². The largest absolute Gasteiger partial charge is 0.372 e. The number of hydrogen-bond donors (Lipinski definition) is 0. The first kappa shape index (κ1) is 19.2. The number of aromatic nitrogens is 5. The molecule has 0 aliphatic carbocycles. The molecule has 7 nitrogen and oxygen atoms in total. The van der Waals surface area contributed by atoms with E-state index in [2.05, 4.69) is 81.4 Å². The number of tetrazole rings is 1. The lowest BCUT2D eigenvalue weighted by Gasteiger charge is -2.40. The summed E-state index contributed by atoms with van der Waals surface area (Å²) in [5, 5.41) is 14.2. The molecule has 0 N–H and O–H groups in total. The Labute approximate surface area is 177 Å². The minimum Gasteiger partial charge on any atom is -0.372 e. The topological polar surface area (TPSA) is 63.0 Å². The van der Waals surface area contributed by atoms with Gasteiger partial charge >= 0.3 is 0 Å². The molecule has 5 rings (SSSR count). The third kappa shape index (κ3) is 3.27. The highest BCUT2D eigenvalue weighted by atomic mass is 15.6. The van der Waals surface area contributed by atoms with Crippen LogP contribution in [0.1, 0.15) is 51.0 Å². The van der Waals surface area contributed by atoms with Gasteiger partial charge in [0.2, 0.25) is 0 Å². The summed E-state index contributed by atoms with van der Waals surface area (Å²) in [4.78, 5) is 9.53. The molecular formula is C23H29N7. The summed E-state index contributed by atoms with van der Waals surface area (Å²) >= 11 is 0. The van der Waals surface area contributed by atoms with Gasteiger partial charge in [0, 0.05) is 43.5 Å². The summed E-state index contributed by atoms with van der Waals surface area (Å²) in [6, 6.07) is 10.7. The molecule has 4 heterocycles. The average Bonchev–Trinajstić information content (AvgIpc) is 3.43. The van der Waals surface area contributed by atoms with Gasteiger partial charge in [0.05, 0.1) is 17.1 Å². The van der Waals surface area contributed by atoms with Crippen molar-refractivity contribution in [2.24, 2.45) is 0 Å². The number of rotatable bonds is 5. The van der Waals surface area contributed by atoms with Crippen molar-refractivity contribution in [3.8, 4) is 0 Å². The van der Waals surface area contributed by atoms with Crippen molar-refractivity contribution in [3.05, 3.63) is 59.7 Å². The lowest BCUT2D eigenvalue weighted by atomic mass is 9.98. The second kappa shape index (κ2) is 7.47. The molecule has 1 fully saturated rings. The van der Waals surface area contributed by atoms with Crippen molar-refractivity contribution in [2.45, 2.75) is 45.2 Å². The molecule has 0 amide bonds. The Kier molecular flexibility index (Phi) is 4.77. The van der Waals surface area contributed by atoms with E-state index in [9.17, 15) is 0 Å². The summed E-state index contributed by atoms with van der Waals surface area (Å²) in [5.41, 5.74) is 3.51. The molecule has 1 atom stereocenters. The maximum atomic E-state index is 4.56. The molecule has 2 aliphatic heterocycles.